The van der Waals surface area contributed by atoms with E-state index in [1.54, 1.807) is 0 Å². The summed E-state index contributed by atoms with van der Waals surface area (Å²) in [7, 11) is 2.06. The molecule has 3 heteroatoms. The molecular weight excluding hydrogens is 210 g/mol. The van der Waals surface area contributed by atoms with Gasteiger partial charge in [-0.2, -0.15) is 5.10 Å². The van der Waals surface area contributed by atoms with Gasteiger partial charge in [0.05, 0.1) is 11.7 Å². The fourth-order valence-corrected chi connectivity index (χ4v) is 3.54. The largest absolute Gasteiger partial charge is 0.308 e. The summed E-state index contributed by atoms with van der Waals surface area (Å²) in [5.41, 5.74) is 1.37. The molecule has 1 heterocycles. The molecule has 0 radical (unpaired) electrons. The third-order valence-corrected chi connectivity index (χ3v) is 4.54. The molecule has 0 saturated heterocycles. The summed E-state index contributed by atoms with van der Waals surface area (Å²) in [5.74, 6) is 2.94. The number of aromatic nitrogens is 2. The molecule has 2 aliphatic carbocycles. The molecule has 17 heavy (non-hydrogen) atoms. The zero-order chi connectivity index (χ0) is 11.8. The summed E-state index contributed by atoms with van der Waals surface area (Å²) < 4.78 is 2.04. The number of nitrogens with zero attached hydrogens (tertiary/aromatic N) is 2. The molecule has 2 fully saturated rings. The smallest absolute Gasteiger partial charge is 0.0553 e. The molecule has 0 spiro atoms. The lowest BCUT2D eigenvalue weighted by Gasteiger charge is -2.26. The van der Waals surface area contributed by atoms with Crippen LogP contribution < -0.4 is 5.32 Å². The third kappa shape index (κ3) is 2.13. The first-order valence-electron chi connectivity index (χ1n) is 7.01. The Morgan fingerprint density at radius 3 is 2.76 bits per heavy atom. The van der Waals surface area contributed by atoms with Crippen LogP contribution in [0, 0.1) is 17.8 Å². The molecular formula is C14H23N3. The zero-order valence-electron chi connectivity index (χ0n) is 10.9. The van der Waals surface area contributed by atoms with Crippen LogP contribution in [0.3, 0.4) is 0 Å². The first-order chi connectivity index (χ1) is 8.29. The minimum Gasteiger partial charge on any atom is -0.308 e. The number of hydrogen-bond donors (Lipinski definition) is 1. The molecule has 0 aromatic carbocycles. The van der Waals surface area contributed by atoms with Crippen LogP contribution in [0.15, 0.2) is 12.3 Å². The lowest BCUT2D eigenvalue weighted by Crippen LogP contribution is -2.30. The Labute approximate surface area is 104 Å². The van der Waals surface area contributed by atoms with Crippen LogP contribution in [0.1, 0.15) is 44.3 Å². The molecule has 1 aromatic heterocycles. The van der Waals surface area contributed by atoms with Crippen molar-refractivity contribution in [1.29, 1.82) is 0 Å². The molecule has 1 N–H and O–H groups in total. The van der Waals surface area contributed by atoms with Gasteiger partial charge in [0, 0.05) is 13.2 Å². The Balaban J connectivity index is 1.74. The highest BCUT2D eigenvalue weighted by molar-refractivity contribution is 5.11. The van der Waals surface area contributed by atoms with Crippen molar-refractivity contribution in [2.75, 3.05) is 6.54 Å². The first-order valence-corrected chi connectivity index (χ1v) is 7.01. The van der Waals surface area contributed by atoms with Crippen molar-refractivity contribution in [2.45, 2.75) is 38.6 Å². The molecule has 0 bridgehead atoms. The predicted molar refractivity (Wildman–Crippen MR) is 68.6 cm³/mol. The number of aryl methyl sites for hydroxylation is 1. The summed E-state index contributed by atoms with van der Waals surface area (Å²) >= 11 is 0. The van der Waals surface area contributed by atoms with E-state index in [-0.39, 0.29) is 0 Å². The highest BCUT2D eigenvalue weighted by atomic mass is 15.3. The Hall–Kier alpha value is -0.830. The van der Waals surface area contributed by atoms with Crippen molar-refractivity contribution in [3.8, 4) is 0 Å². The van der Waals surface area contributed by atoms with Gasteiger partial charge in [0.1, 0.15) is 0 Å². The second-order valence-corrected chi connectivity index (χ2v) is 5.80. The summed E-state index contributed by atoms with van der Waals surface area (Å²) in [4.78, 5) is 0. The number of rotatable bonds is 5. The average molecular weight is 233 g/mol. The monoisotopic (exact) mass is 233 g/mol. The van der Waals surface area contributed by atoms with E-state index in [1.165, 1.54) is 31.4 Å². The van der Waals surface area contributed by atoms with Crippen molar-refractivity contribution >= 4 is 0 Å². The Morgan fingerprint density at radius 1 is 1.41 bits per heavy atom. The zero-order valence-corrected chi connectivity index (χ0v) is 10.9. The molecule has 3 unspecified atom stereocenters. The Bertz CT molecular complexity index is 375. The van der Waals surface area contributed by atoms with E-state index >= 15 is 0 Å². The van der Waals surface area contributed by atoms with E-state index in [2.05, 4.69) is 30.5 Å². The highest BCUT2D eigenvalue weighted by Gasteiger charge is 2.48. The topological polar surface area (TPSA) is 29.9 Å². The van der Waals surface area contributed by atoms with Gasteiger partial charge in [-0.15, -0.1) is 0 Å². The van der Waals surface area contributed by atoms with Crippen molar-refractivity contribution in [1.82, 2.24) is 15.1 Å². The number of nitrogens with one attached hydrogen (secondary N) is 1. The van der Waals surface area contributed by atoms with Crippen molar-refractivity contribution in [3.05, 3.63) is 18.0 Å². The normalized spacial score (nSPS) is 32.5. The summed E-state index contributed by atoms with van der Waals surface area (Å²) in [6.07, 6.45) is 7.48. The fourth-order valence-electron chi connectivity index (χ4n) is 3.54. The Kier molecular flexibility index (Phi) is 2.95. The van der Waals surface area contributed by atoms with Gasteiger partial charge >= 0.3 is 0 Å². The van der Waals surface area contributed by atoms with E-state index in [0.717, 1.165) is 24.3 Å². The van der Waals surface area contributed by atoms with E-state index in [0.29, 0.717) is 6.04 Å². The standard InChI is InChI=1S/C14H23N3/c1-3-5-15-14(13-4-6-16-17(13)2)12-8-10-7-11(10)9-12/h4,6,10-12,14-15H,3,5,7-9H2,1-2H3. The van der Waals surface area contributed by atoms with Gasteiger partial charge < -0.3 is 5.32 Å². The van der Waals surface area contributed by atoms with Gasteiger partial charge in [-0.1, -0.05) is 6.92 Å². The minimum atomic E-state index is 0.523. The van der Waals surface area contributed by atoms with Crippen LogP contribution in [0.2, 0.25) is 0 Å². The van der Waals surface area contributed by atoms with Gasteiger partial charge in [0.2, 0.25) is 0 Å². The van der Waals surface area contributed by atoms with Gasteiger partial charge in [-0.3, -0.25) is 4.68 Å². The lowest BCUT2D eigenvalue weighted by atomic mass is 9.92. The molecule has 0 aliphatic heterocycles. The molecule has 3 atom stereocenters. The van der Waals surface area contributed by atoms with Crippen LogP contribution in [0.5, 0.6) is 0 Å². The lowest BCUT2D eigenvalue weighted by molar-refractivity contribution is 0.327. The van der Waals surface area contributed by atoms with Crippen LogP contribution in [-0.4, -0.2) is 16.3 Å². The third-order valence-electron chi connectivity index (χ3n) is 4.54. The van der Waals surface area contributed by atoms with Crippen molar-refractivity contribution in [2.24, 2.45) is 24.8 Å². The van der Waals surface area contributed by atoms with Crippen LogP contribution in [-0.2, 0) is 7.05 Å². The molecule has 1 aromatic rings. The summed E-state index contributed by atoms with van der Waals surface area (Å²) in [6, 6.07) is 2.70. The Morgan fingerprint density at radius 2 is 2.18 bits per heavy atom. The molecule has 94 valence electrons. The molecule has 3 nitrogen and oxygen atoms in total. The second kappa shape index (κ2) is 4.45. The first kappa shape index (κ1) is 11.3. The average Bonchev–Trinajstić information content (AvgIpc) is 2.74. The van der Waals surface area contributed by atoms with Crippen LogP contribution in [0.4, 0.5) is 0 Å². The number of hydrogen-bond acceptors (Lipinski definition) is 2. The van der Waals surface area contributed by atoms with Gasteiger partial charge in [-0.05, 0) is 56.0 Å². The van der Waals surface area contributed by atoms with Crippen LogP contribution >= 0.6 is 0 Å². The second-order valence-electron chi connectivity index (χ2n) is 5.80. The summed E-state index contributed by atoms with van der Waals surface area (Å²) in [6.45, 7) is 3.35. The van der Waals surface area contributed by atoms with Crippen LogP contribution in [0.25, 0.3) is 0 Å². The van der Waals surface area contributed by atoms with Gasteiger partial charge in [0.25, 0.3) is 0 Å². The minimum absolute atomic E-state index is 0.523. The van der Waals surface area contributed by atoms with Crippen molar-refractivity contribution < 1.29 is 0 Å². The quantitative estimate of drug-likeness (QED) is 0.847. The van der Waals surface area contributed by atoms with E-state index < -0.39 is 0 Å². The fraction of sp³-hybridized carbons (Fsp3) is 0.786. The maximum absolute atomic E-state index is 4.32. The number of fused-ring (bicyclic) bond motifs is 1. The molecule has 2 aliphatic rings. The van der Waals surface area contributed by atoms with Gasteiger partial charge in [-0.25, -0.2) is 0 Å². The predicted octanol–water partition coefficient (Wildman–Crippen LogP) is 2.51. The molecule has 0 amide bonds. The van der Waals surface area contributed by atoms with E-state index in [4.69, 9.17) is 0 Å². The highest BCUT2D eigenvalue weighted by Crippen LogP contribution is 2.57. The molecule has 2 saturated carbocycles. The maximum Gasteiger partial charge on any atom is 0.0553 e. The SMILES string of the molecule is CCCNC(c1ccnn1C)C1CC2CC2C1. The van der Waals surface area contributed by atoms with Crippen molar-refractivity contribution in [3.63, 3.8) is 0 Å². The maximum atomic E-state index is 4.32. The molecule has 3 rings (SSSR count). The van der Waals surface area contributed by atoms with E-state index in [9.17, 15) is 0 Å². The van der Waals surface area contributed by atoms with E-state index in [1.807, 2.05) is 10.9 Å². The summed E-state index contributed by atoms with van der Waals surface area (Å²) in [5, 5.41) is 8.06. The van der Waals surface area contributed by atoms with Gasteiger partial charge in [0.15, 0.2) is 0 Å².